The van der Waals surface area contributed by atoms with Crippen molar-refractivity contribution in [3.63, 3.8) is 0 Å². The third-order valence-corrected chi connectivity index (χ3v) is 6.74. The van der Waals surface area contributed by atoms with Crippen molar-refractivity contribution in [1.29, 1.82) is 0 Å². The highest BCUT2D eigenvalue weighted by Crippen LogP contribution is 2.46. The van der Waals surface area contributed by atoms with Gasteiger partial charge in [0.2, 0.25) is 0 Å². The maximum Gasteiger partial charge on any atom is 0.194 e. The number of allylic oxidation sites excluding steroid dienone is 1. The lowest BCUT2D eigenvalue weighted by molar-refractivity contribution is 0.105. The van der Waals surface area contributed by atoms with Gasteiger partial charge in [0.25, 0.3) is 0 Å². The molecule has 0 atom stereocenters. The Labute approximate surface area is 216 Å². The Morgan fingerprint density at radius 1 is 0.459 bits per heavy atom. The van der Waals surface area contributed by atoms with Crippen molar-refractivity contribution in [3.8, 4) is 34.1 Å². The van der Waals surface area contributed by atoms with E-state index in [1.807, 2.05) is 48.5 Å². The third-order valence-electron chi connectivity index (χ3n) is 6.74. The van der Waals surface area contributed by atoms with Crippen LogP contribution in [0.15, 0.2) is 78.9 Å². The first-order valence-electron chi connectivity index (χ1n) is 11.9. The van der Waals surface area contributed by atoms with Crippen LogP contribution < -0.4 is 18.9 Å². The summed E-state index contributed by atoms with van der Waals surface area (Å²) in [5.41, 5.74) is 7.90. The Morgan fingerprint density at radius 3 is 1.49 bits per heavy atom. The van der Waals surface area contributed by atoms with Gasteiger partial charge in [-0.05, 0) is 71.1 Å². The average molecular weight is 493 g/mol. The summed E-state index contributed by atoms with van der Waals surface area (Å²) in [4.78, 5) is 13.9. The van der Waals surface area contributed by atoms with E-state index in [0.29, 0.717) is 34.1 Å². The second kappa shape index (κ2) is 9.86. The van der Waals surface area contributed by atoms with Crippen LogP contribution >= 0.6 is 0 Å². The molecule has 37 heavy (non-hydrogen) atoms. The fourth-order valence-corrected chi connectivity index (χ4v) is 4.82. The minimum absolute atomic E-state index is 0.0394. The van der Waals surface area contributed by atoms with E-state index in [0.717, 1.165) is 33.4 Å². The normalized spacial score (nSPS) is 12.4. The molecule has 0 aliphatic heterocycles. The van der Waals surface area contributed by atoms with Gasteiger partial charge >= 0.3 is 0 Å². The molecular weight excluding hydrogens is 464 g/mol. The number of rotatable bonds is 7. The van der Waals surface area contributed by atoms with Crippen molar-refractivity contribution in [3.05, 3.63) is 107 Å². The van der Waals surface area contributed by atoms with Crippen molar-refractivity contribution in [2.45, 2.75) is 6.92 Å². The quantitative estimate of drug-likeness (QED) is 0.282. The minimum atomic E-state index is -0.0394. The van der Waals surface area contributed by atoms with Gasteiger partial charge in [-0.2, -0.15) is 0 Å². The Balaban J connectivity index is 1.77. The molecule has 0 N–H and O–H groups in total. The predicted octanol–water partition coefficient (Wildman–Crippen LogP) is 6.85. The Morgan fingerprint density at radius 2 is 0.946 bits per heavy atom. The highest BCUT2D eigenvalue weighted by atomic mass is 16.5. The van der Waals surface area contributed by atoms with Crippen LogP contribution in [0.3, 0.4) is 0 Å². The molecule has 0 saturated carbocycles. The number of aryl methyl sites for hydroxylation is 1. The number of fused-ring (bicyclic) bond motifs is 1. The molecule has 0 spiro atoms. The largest absolute Gasteiger partial charge is 0.493 e. The van der Waals surface area contributed by atoms with Crippen LogP contribution in [0, 0.1) is 6.92 Å². The van der Waals surface area contributed by atoms with Gasteiger partial charge in [-0.3, -0.25) is 4.79 Å². The zero-order chi connectivity index (χ0) is 26.1. The summed E-state index contributed by atoms with van der Waals surface area (Å²) in [6.07, 6.45) is 0. The molecule has 5 nitrogen and oxygen atoms in total. The first-order valence-corrected chi connectivity index (χ1v) is 11.9. The lowest BCUT2D eigenvalue weighted by Gasteiger charge is -2.14. The molecule has 1 aliphatic carbocycles. The van der Waals surface area contributed by atoms with E-state index in [9.17, 15) is 4.79 Å². The molecule has 5 rings (SSSR count). The second-order valence-corrected chi connectivity index (χ2v) is 8.85. The van der Waals surface area contributed by atoms with E-state index in [1.54, 1.807) is 28.4 Å². The summed E-state index contributed by atoms with van der Waals surface area (Å²) in [6.45, 7) is 2.07. The number of Topliss-reactive ketones (excluding diaryl/α,β-unsaturated/α-hetero) is 1. The molecule has 0 heterocycles. The van der Waals surface area contributed by atoms with Crippen LogP contribution in [0.4, 0.5) is 0 Å². The highest BCUT2D eigenvalue weighted by Gasteiger charge is 2.32. The summed E-state index contributed by atoms with van der Waals surface area (Å²) in [5.74, 6) is 2.34. The zero-order valence-corrected chi connectivity index (χ0v) is 21.5. The fraction of sp³-hybridized carbons (Fsp3) is 0.156. The van der Waals surface area contributed by atoms with E-state index in [-0.39, 0.29) is 5.78 Å². The molecular formula is C32H28O5. The first-order chi connectivity index (χ1) is 18.0. The van der Waals surface area contributed by atoms with Gasteiger partial charge in [0.05, 0.1) is 28.4 Å². The Bertz CT molecular complexity index is 1530. The summed E-state index contributed by atoms with van der Waals surface area (Å²) in [7, 11) is 6.39. The number of ether oxygens (including phenoxy) is 4. The van der Waals surface area contributed by atoms with Gasteiger partial charge in [-0.25, -0.2) is 0 Å². The van der Waals surface area contributed by atoms with Crippen LogP contribution in [0.1, 0.15) is 32.6 Å². The molecule has 186 valence electrons. The zero-order valence-electron chi connectivity index (χ0n) is 21.5. The van der Waals surface area contributed by atoms with E-state index < -0.39 is 0 Å². The lowest BCUT2D eigenvalue weighted by Crippen LogP contribution is -2.00. The molecule has 0 aromatic heterocycles. The SMILES string of the molecule is COc1ccc(C2=C(c3ccc(OC)c(OC)c3)c3cc(-c4ccc(C)cc4)ccc3C2=O)cc1OC. The van der Waals surface area contributed by atoms with Crippen molar-refractivity contribution in [2.24, 2.45) is 0 Å². The molecule has 4 aromatic rings. The molecule has 5 heteroatoms. The number of methoxy groups -OCH3 is 4. The van der Waals surface area contributed by atoms with Crippen LogP contribution in [0.25, 0.3) is 22.3 Å². The molecule has 0 bridgehead atoms. The Kier molecular flexibility index (Phi) is 6.45. The molecule has 0 saturated heterocycles. The number of carbonyl (C=O) groups is 1. The lowest BCUT2D eigenvalue weighted by atomic mass is 9.92. The number of benzene rings is 4. The van der Waals surface area contributed by atoms with E-state index in [2.05, 4.69) is 37.3 Å². The van der Waals surface area contributed by atoms with Gasteiger partial charge < -0.3 is 18.9 Å². The number of carbonyl (C=O) groups excluding carboxylic acids is 1. The van der Waals surface area contributed by atoms with Gasteiger partial charge in [0.1, 0.15) is 0 Å². The van der Waals surface area contributed by atoms with Crippen LogP contribution in [-0.2, 0) is 0 Å². The maximum absolute atomic E-state index is 13.9. The fourth-order valence-electron chi connectivity index (χ4n) is 4.82. The molecule has 0 amide bonds. The smallest absolute Gasteiger partial charge is 0.194 e. The van der Waals surface area contributed by atoms with Crippen LogP contribution in [-0.4, -0.2) is 34.2 Å². The van der Waals surface area contributed by atoms with Crippen LogP contribution in [0.2, 0.25) is 0 Å². The van der Waals surface area contributed by atoms with Crippen molar-refractivity contribution in [1.82, 2.24) is 0 Å². The van der Waals surface area contributed by atoms with Crippen molar-refractivity contribution < 1.29 is 23.7 Å². The Hall–Kier alpha value is -4.51. The molecule has 1 aliphatic rings. The summed E-state index contributed by atoms with van der Waals surface area (Å²) < 4.78 is 22.0. The molecule has 0 radical (unpaired) electrons. The first kappa shape index (κ1) is 24.2. The highest BCUT2D eigenvalue weighted by molar-refractivity contribution is 6.41. The minimum Gasteiger partial charge on any atom is -0.493 e. The number of hydrogen-bond donors (Lipinski definition) is 0. The number of ketones is 1. The molecule has 0 unspecified atom stereocenters. The summed E-state index contributed by atoms with van der Waals surface area (Å²) >= 11 is 0. The summed E-state index contributed by atoms with van der Waals surface area (Å²) in [5, 5.41) is 0. The summed E-state index contributed by atoms with van der Waals surface area (Å²) in [6, 6.07) is 25.7. The molecule has 0 fully saturated rings. The van der Waals surface area contributed by atoms with Crippen molar-refractivity contribution in [2.75, 3.05) is 28.4 Å². The van der Waals surface area contributed by atoms with Gasteiger partial charge in [0, 0.05) is 16.7 Å². The van der Waals surface area contributed by atoms with Gasteiger partial charge in [-0.15, -0.1) is 0 Å². The van der Waals surface area contributed by atoms with Crippen molar-refractivity contribution >= 4 is 16.9 Å². The average Bonchev–Trinajstić information content (AvgIpc) is 3.23. The maximum atomic E-state index is 13.9. The topological polar surface area (TPSA) is 54.0 Å². The number of hydrogen-bond acceptors (Lipinski definition) is 5. The standard InChI is InChI=1S/C32H28O5/c1-19-6-8-20(9-7-19)21-10-13-24-25(16-21)30(22-11-14-26(34-2)28(17-22)36-4)31(32(24)33)23-12-15-27(35-3)29(18-23)37-5/h6-18H,1-5H3. The van der Waals surface area contributed by atoms with E-state index in [1.165, 1.54) is 5.56 Å². The van der Waals surface area contributed by atoms with Gasteiger partial charge in [0.15, 0.2) is 28.8 Å². The second-order valence-electron chi connectivity index (χ2n) is 8.85. The van der Waals surface area contributed by atoms with E-state index in [4.69, 9.17) is 18.9 Å². The predicted molar refractivity (Wildman–Crippen MR) is 146 cm³/mol. The molecule has 4 aromatic carbocycles. The van der Waals surface area contributed by atoms with Gasteiger partial charge in [-0.1, -0.05) is 48.0 Å². The third kappa shape index (κ3) is 4.23. The van der Waals surface area contributed by atoms with E-state index >= 15 is 0 Å². The van der Waals surface area contributed by atoms with Crippen LogP contribution in [0.5, 0.6) is 23.0 Å². The monoisotopic (exact) mass is 492 g/mol.